The summed E-state index contributed by atoms with van der Waals surface area (Å²) in [6, 6.07) is 5.63. The molecule has 6 heteroatoms. The maximum Gasteiger partial charge on any atom is 0.375 e. The molecule has 1 spiro atoms. The van der Waals surface area contributed by atoms with Gasteiger partial charge in [0.1, 0.15) is 7.05 Å². The highest BCUT2D eigenvalue weighted by atomic mass is 79.9. The summed E-state index contributed by atoms with van der Waals surface area (Å²) in [7, 11) is 2.10. The Bertz CT molecular complexity index is 637. The highest BCUT2D eigenvalue weighted by Gasteiger charge is 2.53. The van der Waals surface area contributed by atoms with Crippen LogP contribution in [0.4, 0.5) is 0 Å². The van der Waals surface area contributed by atoms with E-state index >= 15 is 0 Å². The van der Waals surface area contributed by atoms with Crippen molar-refractivity contribution < 1.29 is 26.3 Å². The van der Waals surface area contributed by atoms with Gasteiger partial charge in [0, 0.05) is 17.8 Å². The Morgan fingerprint density at radius 3 is 2.45 bits per heavy atom. The molecular weight excluding hydrogens is 453 g/mol. The van der Waals surface area contributed by atoms with Gasteiger partial charge in [-0.3, -0.25) is 0 Å². The second-order valence-corrected chi connectivity index (χ2v) is 6.93. The van der Waals surface area contributed by atoms with Crippen molar-refractivity contribution in [3.63, 3.8) is 0 Å². The summed E-state index contributed by atoms with van der Waals surface area (Å²) < 4.78 is 8.41. The summed E-state index contributed by atoms with van der Waals surface area (Å²) in [4.78, 5) is 1.92. The van der Waals surface area contributed by atoms with Gasteiger partial charge in [0.15, 0.2) is 5.76 Å². The SMILES string of the molecule is C[N+]1=C(c2ccc(Cl)c(Cl)c2)O/C(=C\Br)C12CCCCC2.[Br-]. The Balaban J connectivity index is 0.00000176. The Morgan fingerprint density at radius 2 is 1.86 bits per heavy atom. The van der Waals surface area contributed by atoms with Gasteiger partial charge in [-0.2, -0.15) is 4.58 Å². The van der Waals surface area contributed by atoms with Crippen LogP contribution in [-0.2, 0) is 4.74 Å². The molecule has 3 rings (SSSR count). The number of halogens is 4. The van der Waals surface area contributed by atoms with Crippen molar-refractivity contribution in [1.82, 2.24) is 0 Å². The van der Waals surface area contributed by atoms with Crippen LogP contribution in [0.3, 0.4) is 0 Å². The van der Waals surface area contributed by atoms with Gasteiger partial charge in [0.2, 0.25) is 5.54 Å². The second kappa shape index (κ2) is 7.25. The summed E-state index contributed by atoms with van der Waals surface area (Å²) in [5, 5.41) is 1.11. The number of benzene rings is 1. The van der Waals surface area contributed by atoms with Crippen molar-refractivity contribution >= 4 is 45.0 Å². The number of hydrogen-bond acceptors (Lipinski definition) is 1. The Kier molecular flexibility index (Phi) is 6.03. The topological polar surface area (TPSA) is 12.2 Å². The van der Waals surface area contributed by atoms with Crippen molar-refractivity contribution in [2.75, 3.05) is 7.05 Å². The van der Waals surface area contributed by atoms with Gasteiger partial charge < -0.3 is 21.7 Å². The molecule has 0 bridgehead atoms. The van der Waals surface area contributed by atoms with Crippen LogP contribution in [0.25, 0.3) is 0 Å². The highest BCUT2D eigenvalue weighted by Crippen LogP contribution is 2.42. The molecule has 1 aromatic carbocycles. The average molecular weight is 470 g/mol. The first-order valence-electron chi connectivity index (χ1n) is 7.13. The molecule has 0 unspecified atom stereocenters. The van der Waals surface area contributed by atoms with Gasteiger partial charge in [-0.25, -0.2) is 0 Å². The van der Waals surface area contributed by atoms with E-state index in [4.69, 9.17) is 27.9 Å². The van der Waals surface area contributed by atoms with Crippen LogP contribution in [-0.4, -0.2) is 23.1 Å². The molecule has 120 valence electrons. The second-order valence-electron chi connectivity index (χ2n) is 5.66. The summed E-state index contributed by atoms with van der Waals surface area (Å²) in [5.74, 6) is 1.84. The zero-order chi connectivity index (χ0) is 15.0. The smallest absolute Gasteiger partial charge is 0.375 e. The zero-order valence-electron chi connectivity index (χ0n) is 12.2. The van der Waals surface area contributed by atoms with E-state index in [2.05, 4.69) is 27.6 Å². The third-order valence-corrected chi connectivity index (χ3v) is 5.71. The maximum atomic E-state index is 6.15. The lowest BCUT2D eigenvalue weighted by atomic mass is 9.80. The number of ether oxygens (including phenoxy) is 1. The average Bonchev–Trinajstić information content (AvgIpc) is 2.76. The molecule has 1 fully saturated rings. The van der Waals surface area contributed by atoms with Crippen LogP contribution in [0, 0.1) is 0 Å². The van der Waals surface area contributed by atoms with E-state index in [1.54, 1.807) is 0 Å². The fourth-order valence-corrected chi connectivity index (χ4v) is 4.17. The Morgan fingerprint density at radius 1 is 1.18 bits per heavy atom. The lowest BCUT2D eigenvalue weighted by Gasteiger charge is -2.28. The van der Waals surface area contributed by atoms with Gasteiger partial charge in [0.25, 0.3) is 0 Å². The van der Waals surface area contributed by atoms with Gasteiger partial charge >= 0.3 is 5.90 Å². The largest absolute Gasteiger partial charge is 1.00 e. The van der Waals surface area contributed by atoms with Gasteiger partial charge in [-0.15, -0.1) is 0 Å². The number of rotatable bonds is 1. The molecule has 1 heterocycles. The zero-order valence-corrected chi connectivity index (χ0v) is 16.9. The van der Waals surface area contributed by atoms with E-state index < -0.39 is 0 Å². The van der Waals surface area contributed by atoms with Crippen molar-refractivity contribution in [3.05, 3.63) is 44.6 Å². The molecule has 22 heavy (non-hydrogen) atoms. The minimum atomic E-state index is -0.0246. The van der Waals surface area contributed by atoms with Crippen LogP contribution in [0.15, 0.2) is 28.9 Å². The third kappa shape index (κ3) is 3.00. The fourth-order valence-electron chi connectivity index (χ4n) is 3.35. The first-order valence-corrected chi connectivity index (χ1v) is 8.80. The standard InChI is InChI=1S/C16H17BrCl2NO.BrH/c1-20-15(11-5-6-12(18)13(19)9-11)21-14(10-17)16(20)7-3-2-4-8-16;/h5-6,9-10H,2-4,7-8H2,1H3;1H/q+1;/p-1/b14-10-;. The predicted octanol–water partition coefficient (Wildman–Crippen LogP) is 2.36. The molecule has 0 N–H and O–H groups in total. The van der Waals surface area contributed by atoms with E-state index in [1.165, 1.54) is 19.3 Å². The van der Waals surface area contributed by atoms with Crippen LogP contribution in [0.5, 0.6) is 0 Å². The molecule has 0 saturated heterocycles. The molecule has 0 amide bonds. The number of hydrogen-bond donors (Lipinski definition) is 0. The minimum Gasteiger partial charge on any atom is -1.00 e. The highest BCUT2D eigenvalue weighted by molar-refractivity contribution is 9.11. The van der Waals surface area contributed by atoms with Crippen molar-refractivity contribution in [1.29, 1.82) is 0 Å². The molecule has 1 saturated carbocycles. The Hall–Kier alpha value is -0.0300. The van der Waals surface area contributed by atoms with Crippen LogP contribution in [0.2, 0.25) is 10.0 Å². The summed E-state index contributed by atoms with van der Waals surface area (Å²) >= 11 is 15.6. The quantitative estimate of drug-likeness (QED) is 0.575. The van der Waals surface area contributed by atoms with Gasteiger partial charge in [-0.05, 0) is 31.0 Å². The van der Waals surface area contributed by atoms with Crippen LogP contribution >= 0.6 is 39.1 Å². The molecular formula is C16H17Br2Cl2NO. The Labute approximate surface area is 160 Å². The number of nitrogens with zero attached hydrogens (tertiary/aromatic N) is 1. The van der Waals surface area contributed by atoms with E-state index in [1.807, 2.05) is 23.2 Å². The molecule has 0 atom stereocenters. The molecule has 1 aromatic rings. The first-order chi connectivity index (χ1) is 10.1. The van der Waals surface area contributed by atoms with E-state index in [-0.39, 0.29) is 22.5 Å². The molecule has 0 radical (unpaired) electrons. The van der Waals surface area contributed by atoms with Crippen molar-refractivity contribution in [2.24, 2.45) is 0 Å². The normalized spacial score (nSPS) is 21.9. The lowest BCUT2D eigenvalue weighted by Crippen LogP contribution is -3.00. The third-order valence-electron chi connectivity index (χ3n) is 4.56. The van der Waals surface area contributed by atoms with Crippen LogP contribution in [0.1, 0.15) is 37.7 Å². The number of likely N-dealkylation sites (N-methyl/N-ethyl adjacent to an activating group) is 1. The molecule has 1 aliphatic heterocycles. The summed E-state index contributed by atoms with van der Waals surface area (Å²) in [6.45, 7) is 0. The maximum absolute atomic E-state index is 6.15. The van der Waals surface area contributed by atoms with E-state index in [0.29, 0.717) is 10.0 Å². The van der Waals surface area contributed by atoms with Gasteiger partial charge in [0.05, 0.1) is 15.6 Å². The van der Waals surface area contributed by atoms with E-state index in [9.17, 15) is 0 Å². The first kappa shape index (κ1) is 18.3. The molecule has 2 nitrogen and oxygen atoms in total. The van der Waals surface area contributed by atoms with Crippen molar-refractivity contribution in [3.8, 4) is 0 Å². The van der Waals surface area contributed by atoms with E-state index in [0.717, 1.165) is 30.1 Å². The molecule has 2 aliphatic rings. The van der Waals surface area contributed by atoms with Crippen LogP contribution < -0.4 is 17.0 Å². The predicted molar refractivity (Wildman–Crippen MR) is 90.7 cm³/mol. The summed E-state index contributed by atoms with van der Waals surface area (Å²) in [6.07, 6.45) is 5.99. The lowest BCUT2D eigenvalue weighted by molar-refractivity contribution is -0.570. The molecule has 0 aromatic heterocycles. The monoisotopic (exact) mass is 467 g/mol. The fraction of sp³-hybridized carbons (Fsp3) is 0.438. The van der Waals surface area contributed by atoms with Crippen molar-refractivity contribution in [2.45, 2.75) is 37.6 Å². The summed E-state index contributed by atoms with van der Waals surface area (Å²) in [5.41, 5.74) is 0.935. The van der Waals surface area contributed by atoms with Gasteiger partial charge in [-0.1, -0.05) is 45.6 Å². The minimum absolute atomic E-state index is 0. The molecule has 1 aliphatic carbocycles.